The standard InChI is InChI=1S/C18H17NO4/c1-19-17-13(5-4-6-16(17)23-18(19)20)8-7-12-9-14(21-2)11-15(10-12)22-3/h4-11H,1-3H3/b8-7+. The third-order valence-electron chi connectivity index (χ3n) is 3.67. The first-order valence-corrected chi connectivity index (χ1v) is 7.12. The molecule has 0 fully saturated rings. The lowest BCUT2D eigenvalue weighted by molar-refractivity contribution is 0.394. The Labute approximate surface area is 133 Å². The summed E-state index contributed by atoms with van der Waals surface area (Å²) in [6, 6.07) is 11.2. The van der Waals surface area contributed by atoms with Crippen molar-refractivity contribution in [2.75, 3.05) is 14.2 Å². The first-order chi connectivity index (χ1) is 11.1. The number of aryl methyl sites for hydroxylation is 1. The van der Waals surface area contributed by atoms with Gasteiger partial charge in [0.15, 0.2) is 5.58 Å². The molecule has 0 aliphatic carbocycles. The van der Waals surface area contributed by atoms with Crippen molar-refractivity contribution in [1.29, 1.82) is 0 Å². The monoisotopic (exact) mass is 311 g/mol. The van der Waals surface area contributed by atoms with Crippen molar-refractivity contribution in [3.05, 3.63) is 58.1 Å². The molecule has 0 saturated carbocycles. The third-order valence-corrected chi connectivity index (χ3v) is 3.67. The number of nitrogens with zero attached hydrogens (tertiary/aromatic N) is 1. The van der Waals surface area contributed by atoms with E-state index in [9.17, 15) is 4.79 Å². The summed E-state index contributed by atoms with van der Waals surface area (Å²) in [7, 11) is 4.93. The number of methoxy groups -OCH3 is 2. The van der Waals surface area contributed by atoms with Gasteiger partial charge in [0.05, 0.1) is 19.7 Å². The zero-order chi connectivity index (χ0) is 16.4. The van der Waals surface area contributed by atoms with Gasteiger partial charge < -0.3 is 13.9 Å². The minimum Gasteiger partial charge on any atom is -0.497 e. The summed E-state index contributed by atoms with van der Waals surface area (Å²) in [6.45, 7) is 0. The van der Waals surface area contributed by atoms with Crippen molar-refractivity contribution in [1.82, 2.24) is 4.57 Å². The van der Waals surface area contributed by atoms with Crippen LogP contribution in [0.25, 0.3) is 23.3 Å². The maximum absolute atomic E-state index is 11.7. The molecule has 0 spiro atoms. The molecule has 0 N–H and O–H groups in total. The predicted octanol–water partition coefficient (Wildman–Crippen LogP) is 3.32. The number of benzene rings is 2. The lowest BCUT2D eigenvalue weighted by Crippen LogP contribution is -2.08. The number of rotatable bonds is 4. The third kappa shape index (κ3) is 2.85. The molecule has 0 saturated heterocycles. The molecule has 0 unspecified atom stereocenters. The van der Waals surface area contributed by atoms with Crippen LogP contribution < -0.4 is 15.2 Å². The second kappa shape index (κ2) is 6.04. The Morgan fingerprint density at radius 3 is 2.39 bits per heavy atom. The number of aromatic nitrogens is 1. The molecule has 1 aromatic heterocycles. The van der Waals surface area contributed by atoms with Gasteiger partial charge in [-0.25, -0.2) is 4.79 Å². The number of hydrogen-bond acceptors (Lipinski definition) is 4. The number of ether oxygens (including phenoxy) is 2. The molecule has 0 aliphatic heterocycles. The molecule has 0 atom stereocenters. The van der Waals surface area contributed by atoms with E-state index in [0.717, 1.165) is 28.1 Å². The van der Waals surface area contributed by atoms with Crippen LogP contribution in [0.2, 0.25) is 0 Å². The summed E-state index contributed by atoms with van der Waals surface area (Å²) >= 11 is 0. The van der Waals surface area contributed by atoms with Crippen LogP contribution in [0, 0.1) is 0 Å². The van der Waals surface area contributed by atoms with Crippen LogP contribution in [-0.4, -0.2) is 18.8 Å². The lowest BCUT2D eigenvalue weighted by atomic mass is 10.1. The minimum absolute atomic E-state index is 0.371. The summed E-state index contributed by atoms with van der Waals surface area (Å²) in [5.41, 5.74) is 3.18. The summed E-state index contributed by atoms with van der Waals surface area (Å²) < 4.78 is 17.2. The predicted molar refractivity (Wildman–Crippen MR) is 89.9 cm³/mol. The number of oxazole rings is 1. The van der Waals surface area contributed by atoms with Crippen LogP contribution in [0.5, 0.6) is 11.5 Å². The van der Waals surface area contributed by atoms with E-state index in [4.69, 9.17) is 13.9 Å². The number of fused-ring (bicyclic) bond motifs is 1. The average molecular weight is 311 g/mol. The quantitative estimate of drug-likeness (QED) is 0.694. The molecule has 3 rings (SSSR count). The summed E-state index contributed by atoms with van der Waals surface area (Å²) in [5.74, 6) is 1.07. The zero-order valence-corrected chi connectivity index (χ0v) is 13.2. The van der Waals surface area contributed by atoms with Crippen molar-refractivity contribution in [2.24, 2.45) is 7.05 Å². The van der Waals surface area contributed by atoms with Crippen LogP contribution in [0.15, 0.2) is 45.6 Å². The van der Waals surface area contributed by atoms with Gasteiger partial charge in [-0.15, -0.1) is 0 Å². The fourth-order valence-electron chi connectivity index (χ4n) is 2.48. The van der Waals surface area contributed by atoms with E-state index in [0.29, 0.717) is 5.58 Å². The maximum atomic E-state index is 11.7. The van der Waals surface area contributed by atoms with Crippen molar-refractivity contribution in [2.45, 2.75) is 0 Å². The van der Waals surface area contributed by atoms with E-state index in [1.54, 1.807) is 27.3 Å². The fourth-order valence-corrected chi connectivity index (χ4v) is 2.48. The van der Waals surface area contributed by atoms with Gasteiger partial charge >= 0.3 is 5.76 Å². The van der Waals surface area contributed by atoms with Gasteiger partial charge in [-0.2, -0.15) is 0 Å². The van der Waals surface area contributed by atoms with E-state index in [2.05, 4.69) is 0 Å². The van der Waals surface area contributed by atoms with Crippen molar-refractivity contribution in [3.63, 3.8) is 0 Å². The highest BCUT2D eigenvalue weighted by molar-refractivity contribution is 5.87. The van der Waals surface area contributed by atoms with E-state index < -0.39 is 0 Å². The molecular weight excluding hydrogens is 294 g/mol. The molecule has 1 heterocycles. The number of hydrogen-bond donors (Lipinski definition) is 0. The van der Waals surface area contributed by atoms with E-state index >= 15 is 0 Å². The lowest BCUT2D eigenvalue weighted by Gasteiger charge is -2.06. The van der Waals surface area contributed by atoms with Gasteiger partial charge in [-0.1, -0.05) is 24.3 Å². The molecule has 5 heteroatoms. The molecule has 0 aliphatic rings. The topological polar surface area (TPSA) is 53.6 Å². The Kier molecular flexibility index (Phi) is 3.93. The van der Waals surface area contributed by atoms with Gasteiger partial charge in [0.2, 0.25) is 0 Å². The highest BCUT2D eigenvalue weighted by Gasteiger charge is 2.08. The smallest absolute Gasteiger partial charge is 0.419 e. The highest BCUT2D eigenvalue weighted by atomic mass is 16.5. The summed E-state index contributed by atoms with van der Waals surface area (Å²) in [5, 5.41) is 0. The maximum Gasteiger partial charge on any atom is 0.419 e. The van der Waals surface area contributed by atoms with Gasteiger partial charge in [-0.05, 0) is 23.8 Å². The highest BCUT2D eigenvalue weighted by Crippen LogP contribution is 2.25. The van der Waals surface area contributed by atoms with Crippen LogP contribution in [0.3, 0.4) is 0 Å². The second-order valence-electron chi connectivity index (χ2n) is 5.10. The van der Waals surface area contributed by atoms with Crippen molar-refractivity contribution in [3.8, 4) is 11.5 Å². The Bertz CT molecular complexity index is 912. The Hall–Kier alpha value is -2.95. The molecular formula is C18H17NO4. The number of para-hydroxylation sites is 1. The van der Waals surface area contributed by atoms with Crippen LogP contribution in [-0.2, 0) is 7.05 Å². The molecule has 0 radical (unpaired) electrons. The largest absolute Gasteiger partial charge is 0.497 e. The van der Waals surface area contributed by atoms with Crippen molar-refractivity contribution < 1.29 is 13.9 Å². The molecule has 5 nitrogen and oxygen atoms in total. The minimum atomic E-state index is -0.371. The Balaban J connectivity index is 2.05. The summed E-state index contributed by atoms with van der Waals surface area (Å²) in [4.78, 5) is 11.7. The van der Waals surface area contributed by atoms with Gasteiger partial charge in [-0.3, -0.25) is 4.57 Å². The SMILES string of the molecule is COc1cc(/C=C/c2cccc3oc(=O)n(C)c23)cc(OC)c1. The van der Waals surface area contributed by atoms with Crippen LogP contribution >= 0.6 is 0 Å². The first kappa shape index (κ1) is 15.0. The van der Waals surface area contributed by atoms with E-state index in [-0.39, 0.29) is 5.76 Å². The summed E-state index contributed by atoms with van der Waals surface area (Å²) in [6.07, 6.45) is 3.88. The molecule has 23 heavy (non-hydrogen) atoms. The van der Waals surface area contributed by atoms with Gasteiger partial charge in [0.25, 0.3) is 0 Å². The van der Waals surface area contributed by atoms with E-state index in [1.807, 2.05) is 42.5 Å². The Morgan fingerprint density at radius 1 is 1.04 bits per heavy atom. The normalized spacial score (nSPS) is 11.3. The molecule has 118 valence electrons. The Morgan fingerprint density at radius 2 is 1.74 bits per heavy atom. The van der Waals surface area contributed by atoms with Crippen molar-refractivity contribution >= 4 is 23.3 Å². The second-order valence-corrected chi connectivity index (χ2v) is 5.10. The van der Waals surface area contributed by atoms with Crippen LogP contribution in [0.4, 0.5) is 0 Å². The molecule has 0 bridgehead atoms. The molecule has 0 amide bonds. The van der Waals surface area contributed by atoms with Gasteiger partial charge in [0.1, 0.15) is 11.5 Å². The van der Waals surface area contributed by atoms with E-state index in [1.165, 1.54) is 4.57 Å². The van der Waals surface area contributed by atoms with Crippen LogP contribution in [0.1, 0.15) is 11.1 Å². The van der Waals surface area contributed by atoms with Gasteiger partial charge in [0, 0.05) is 18.7 Å². The average Bonchev–Trinajstić information content (AvgIpc) is 2.87. The first-order valence-electron chi connectivity index (χ1n) is 7.12. The fraction of sp³-hybridized carbons (Fsp3) is 0.167. The molecule has 2 aromatic carbocycles. The zero-order valence-electron chi connectivity index (χ0n) is 13.2. The molecule has 3 aromatic rings.